The zero-order chi connectivity index (χ0) is 17.1. The van der Waals surface area contributed by atoms with E-state index in [0.717, 1.165) is 0 Å². The van der Waals surface area contributed by atoms with Crippen LogP contribution in [0, 0.1) is 11.3 Å². The fraction of sp³-hybridized carbons (Fsp3) is 0.125. The summed E-state index contributed by atoms with van der Waals surface area (Å²) in [4.78, 5) is 20.5. The van der Waals surface area contributed by atoms with Crippen molar-refractivity contribution in [1.29, 1.82) is 5.26 Å². The first-order valence-corrected chi connectivity index (χ1v) is 7.22. The Morgan fingerprint density at radius 1 is 1.46 bits per heavy atom. The van der Waals surface area contributed by atoms with Crippen LogP contribution in [-0.4, -0.2) is 23.5 Å². The van der Waals surface area contributed by atoms with Gasteiger partial charge in [-0.15, -0.1) is 0 Å². The quantitative estimate of drug-likeness (QED) is 0.740. The Labute approximate surface area is 138 Å². The Morgan fingerprint density at radius 3 is 3.00 bits per heavy atom. The number of pyridine rings is 1. The zero-order valence-electron chi connectivity index (χ0n) is 12.8. The number of nitrogens with zero attached hydrogens (tertiary/aromatic N) is 3. The Morgan fingerprint density at radius 2 is 2.25 bits per heavy atom. The van der Waals surface area contributed by atoms with Crippen molar-refractivity contribution < 1.29 is 9.53 Å². The molecule has 2 aromatic rings. The number of amides is 1. The minimum Gasteiger partial charge on any atom is -0.450 e. The zero-order valence-corrected chi connectivity index (χ0v) is 12.8. The van der Waals surface area contributed by atoms with Gasteiger partial charge in [0.15, 0.2) is 0 Å². The average molecular weight is 322 g/mol. The van der Waals surface area contributed by atoms with Crippen molar-refractivity contribution in [2.75, 3.05) is 17.7 Å². The molecule has 8 nitrogen and oxygen atoms in total. The molecule has 1 aromatic carbocycles. The fourth-order valence-corrected chi connectivity index (χ4v) is 2.24. The molecule has 1 aromatic heterocycles. The smallest absolute Gasteiger partial charge is 0.412 e. The maximum absolute atomic E-state index is 11.8. The number of carbonyl (C=O) groups is 1. The average Bonchev–Trinajstić information content (AvgIpc) is 2.70. The molecule has 0 saturated heterocycles. The van der Waals surface area contributed by atoms with E-state index in [9.17, 15) is 10.1 Å². The molecule has 1 amide bonds. The number of nitriles is 1. The van der Waals surface area contributed by atoms with Gasteiger partial charge in [0.05, 0.1) is 29.1 Å². The number of nitrogen functional groups attached to an aromatic ring is 1. The van der Waals surface area contributed by atoms with Gasteiger partial charge in [0.25, 0.3) is 0 Å². The number of para-hydroxylation sites is 2. The summed E-state index contributed by atoms with van der Waals surface area (Å²) in [6.07, 6.45) is -0.642. The summed E-state index contributed by atoms with van der Waals surface area (Å²) in [5.74, 6) is 0.718. The fourth-order valence-electron chi connectivity index (χ4n) is 2.24. The van der Waals surface area contributed by atoms with Crippen LogP contribution in [0.2, 0.25) is 0 Å². The van der Waals surface area contributed by atoms with Gasteiger partial charge in [-0.25, -0.2) is 14.8 Å². The van der Waals surface area contributed by atoms with Gasteiger partial charge in [-0.3, -0.25) is 5.32 Å². The van der Waals surface area contributed by atoms with Gasteiger partial charge >= 0.3 is 6.09 Å². The summed E-state index contributed by atoms with van der Waals surface area (Å²) in [5.41, 5.74) is 7.75. The molecule has 0 radical (unpaired) electrons. The summed E-state index contributed by atoms with van der Waals surface area (Å²) in [7, 11) is 0. The number of aromatic nitrogens is 1. The van der Waals surface area contributed by atoms with Gasteiger partial charge in [-0.05, 0) is 25.1 Å². The molecule has 0 spiro atoms. The summed E-state index contributed by atoms with van der Waals surface area (Å²) in [5, 5.41) is 14.9. The Bertz CT molecular complexity index is 885. The lowest BCUT2D eigenvalue weighted by Crippen LogP contribution is -2.32. The van der Waals surface area contributed by atoms with Gasteiger partial charge in [-0.1, -0.05) is 12.1 Å². The molecule has 0 aliphatic carbocycles. The second-order valence-electron chi connectivity index (χ2n) is 4.88. The minimum atomic E-state index is -0.642. The van der Waals surface area contributed by atoms with E-state index >= 15 is 0 Å². The van der Waals surface area contributed by atoms with E-state index in [2.05, 4.69) is 20.6 Å². The van der Waals surface area contributed by atoms with E-state index in [1.54, 1.807) is 13.0 Å². The number of benzene rings is 1. The van der Waals surface area contributed by atoms with Crippen LogP contribution < -0.4 is 16.4 Å². The first kappa shape index (κ1) is 15.3. The van der Waals surface area contributed by atoms with E-state index in [1.807, 2.05) is 24.3 Å². The van der Waals surface area contributed by atoms with E-state index in [0.29, 0.717) is 22.8 Å². The molecule has 2 heterocycles. The van der Waals surface area contributed by atoms with Gasteiger partial charge in [0.1, 0.15) is 23.5 Å². The van der Waals surface area contributed by atoms with Crippen molar-refractivity contribution in [1.82, 2.24) is 10.3 Å². The first-order valence-electron chi connectivity index (χ1n) is 7.22. The van der Waals surface area contributed by atoms with Crippen LogP contribution in [0.25, 0.3) is 0 Å². The SMILES string of the molecule is CCOC(=O)NC1=Nc2ccccc2Nc2nc(N)c(C#N)cc21. The second kappa shape index (κ2) is 6.26. The highest BCUT2D eigenvalue weighted by atomic mass is 16.5. The van der Waals surface area contributed by atoms with Crippen molar-refractivity contribution in [3.63, 3.8) is 0 Å². The molecular weight excluding hydrogens is 308 g/mol. The normalized spacial score (nSPS) is 11.8. The molecule has 0 unspecified atom stereocenters. The number of alkyl carbamates (subject to hydrolysis) is 1. The highest BCUT2D eigenvalue weighted by Gasteiger charge is 2.21. The lowest BCUT2D eigenvalue weighted by molar-refractivity contribution is 0.158. The van der Waals surface area contributed by atoms with Crippen LogP contribution in [0.4, 0.5) is 27.8 Å². The third kappa shape index (κ3) is 2.83. The van der Waals surface area contributed by atoms with Crippen molar-refractivity contribution >= 4 is 34.9 Å². The van der Waals surface area contributed by atoms with Gasteiger partial charge in [-0.2, -0.15) is 5.26 Å². The van der Waals surface area contributed by atoms with E-state index < -0.39 is 6.09 Å². The van der Waals surface area contributed by atoms with Crippen molar-refractivity contribution in [3.8, 4) is 6.07 Å². The van der Waals surface area contributed by atoms with E-state index in [1.165, 1.54) is 6.07 Å². The topological polar surface area (TPSA) is 125 Å². The molecule has 4 N–H and O–H groups in total. The van der Waals surface area contributed by atoms with Gasteiger partial charge in [0, 0.05) is 0 Å². The first-order chi connectivity index (χ1) is 11.6. The Balaban J connectivity index is 2.16. The number of aliphatic imine (C=N–C) groups is 1. The maximum atomic E-state index is 11.8. The van der Waals surface area contributed by atoms with Crippen molar-refractivity contribution in [3.05, 3.63) is 41.5 Å². The molecule has 24 heavy (non-hydrogen) atoms. The number of hydrogen-bond donors (Lipinski definition) is 3. The van der Waals surface area contributed by atoms with Crippen LogP contribution in [0.1, 0.15) is 18.1 Å². The van der Waals surface area contributed by atoms with Crippen LogP contribution in [-0.2, 0) is 4.74 Å². The number of nitrogens with two attached hydrogens (primary N) is 1. The van der Waals surface area contributed by atoms with Crippen LogP contribution in [0.3, 0.4) is 0 Å². The molecular formula is C16H14N6O2. The summed E-state index contributed by atoms with van der Waals surface area (Å²) >= 11 is 0. The third-order valence-corrected chi connectivity index (χ3v) is 3.31. The van der Waals surface area contributed by atoms with Crippen LogP contribution in [0.5, 0.6) is 0 Å². The highest BCUT2D eigenvalue weighted by molar-refractivity contribution is 6.12. The Hall–Kier alpha value is -3.60. The number of ether oxygens (including phenoxy) is 1. The monoisotopic (exact) mass is 322 g/mol. The lowest BCUT2D eigenvalue weighted by atomic mass is 10.1. The van der Waals surface area contributed by atoms with Crippen molar-refractivity contribution in [2.24, 2.45) is 4.99 Å². The number of hydrogen-bond acceptors (Lipinski definition) is 7. The molecule has 1 aliphatic heterocycles. The largest absolute Gasteiger partial charge is 0.450 e. The number of rotatable bonds is 1. The molecule has 0 saturated carbocycles. The molecule has 0 bridgehead atoms. The molecule has 3 rings (SSSR count). The highest BCUT2D eigenvalue weighted by Crippen LogP contribution is 2.33. The number of amidine groups is 1. The number of anilines is 3. The van der Waals surface area contributed by atoms with E-state index in [4.69, 9.17) is 10.5 Å². The predicted molar refractivity (Wildman–Crippen MR) is 89.4 cm³/mol. The predicted octanol–water partition coefficient (Wildman–Crippen LogP) is 2.42. The lowest BCUT2D eigenvalue weighted by Gasteiger charge is -2.12. The molecule has 1 aliphatic rings. The minimum absolute atomic E-state index is 0.0959. The summed E-state index contributed by atoms with van der Waals surface area (Å²) in [6, 6.07) is 10.8. The van der Waals surface area contributed by atoms with Gasteiger partial charge < -0.3 is 15.8 Å². The number of nitrogens with one attached hydrogen (secondary N) is 2. The third-order valence-electron chi connectivity index (χ3n) is 3.31. The summed E-state index contributed by atoms with van der Waals surface area (Å²) in [6.45, 7) is 1.93. The van der Waals surface area contributed by atoms with Gasteiger partial charge in [0.2, 0.25) is 0 Å². The van der Waals surface area contributed by atoms with Crippen LogP contribution >= 0.6 is 0 Å². The molecule has 120 valence electrons. The van der Waals surface area contributed by atoms with Crippen molar-refractivity contribution in [2.45, 2.75) is 6.92 Å². The molecule has 0 atom stereocenters. The van der Waals surface area contributed by atoms with E-state index in [-0.39, 0.29) is 23.8 Å². The summed E-state index contributed by atoms with van der Waals surface area (Å²) < 4.78 is 4.91. The standard InChI is InChI=1S/C16H14N6O2/c1-2-24-16(23)22-15-10-7-9(8-17)13(18)21-14(10)19-11-5-3-4-6-12(11)20-15/h3-7H,2H2,1H3,(H3,18,19,21)(H,20,22,23). The van der Waals surface area contributed by atoms with Crippen LogP contribution in [0.15, 0.2) is 35.3 Å². The second-order valence-corrected chi connectivity index (χ2v) is 4.88. The Kier molecular flexibility index (Phi) is 3.99. The molecule has 8 heteroatoms. The molecule has 0 fully saturated rings. The maximum Gasteiger partial charge on any atom is 0.412 e. The number of fused-ring (bicyclic) bond motifs is 2. The number of carbonyl (C=O) groups excluding carboxylic acids is 1.